The van der Waals surface area contributed by atoms with Gasteiger partial charge < -0.3 is 9.42 Å². The maximum atomic E-state index is 9.14. The summed E-state index contributed by atoms with van der Waals surface area (Å²) in [6.45, 7) is 0. The maximum Gasteiger partial charge on any atom is 0.241 e. The first kappa shape index (κ1) is 10.0. The highest BCUT2D eigenvalue weighted by molar-refractivity contribution is 8.59. The van der Waals surface area contributed by atoms with Gasteiger partial charge in [0.05, 0.1) is 6.10 Å². The minimum Gasteiger partial charge on any atom is -0.338 e. The molecular weight excluding hydrogens is 199 g/mol. The van der Waals surface area contributed by atoms with E-state index in [-0.39, 0.29) is 6.10 Å². The zero-order valence-corrected chi connectivity index (χ0v) is 8.88. The molecule has 1 saturated carbocycles. The third-order valence-electron chi connectivity index (χ3n) is 1.84. The summed E-state index contributed by atoms with van der Waals surface area (Å²) in [7, 11) is 0. The largest absolute Gasteiger partial charge is 0.338 e. The lowest BCUT2D eigenvalue weighted by molar-refractivity contribution is 0.161. The fraction of sp³-hybridized carbons (Fsp3) is 1.00. The molecule has 0 bridgehead atoms. The van der Waals surface area contributed by atoms with Crippen molar-refractivity contribution < 1.29 is 9.42 Å². The van der Waals surface area contributed by atoms with Crippen LogP contribution in [0.3, 0.4) is 0 Å². The van der Waals surface area contributed by atoms with Gasteiger partial charge in [0.1, 0.15) is 0 Å². The van der Waals surface area contributed by atoms with Crippen molar-refractivity contribution >= 4 is 29.7 Å². The molecular formula is C6H13O2PS2. The first-order valence-electron chi connectivity index (χ1n) is 3.82. The van der Waals surface area contributed by atoms with Gasteiger partial charge in [0.2, 0.25) is 5.69 Å². The molecule has 0 heterocycles. The highest BCUT2D eigenvalue weighted by Gasteiger charge is 2.19. The smallest absolute Gasteiger partial charge is 0.241 e. The van der Waals surface area contributed by atoms with Gasteiger partial charge in [0.25, 0.3) is 0 Å². The van der Waals surface area contributed by atoms with Gasteiger partial charge in [-0.25, -0.2) is 0 Å². The van der Waals surface area contributed by atoms with Gasteiger partial charge in [-0.05, 0) is 24.6 Å². The van der Waals surface area contributed by atoms with E-state index in [1.165, 1.54) is 19.3 Å². The summed E-state index contributed by atoms with van der Waals surface area (Å²) >= 11 is 8.50. The van der Waals surface area contributed by atoms with E-state index in [1.54, 1.807) is 0 Å². The van der Waals surface area contributed by atoms with E-state index in [0.717, 1.165) is 12.8 Å². The first-order valence-corrected chi connectivity index (χ1v) is 7.64. The van der Waals surface area contributed by atoms with Gasteiger partial charge in [-0.2, -0.15) is 0 Å². The quantitative estimate of drug-likeness (QED) is 0.544. The third kappa shape index (κ3) is 4.48. The zero-order valence-electron chi connectivity index (χ0n) is 6.27. The van der Waals surface area contributed by atoms with Crippen LogP contribution in [0.4, 0.5) is 0 Å². The van der Waals surface area contributed by atoms with Crippen LogP contribution in [0.25, 0.3) is 0 Å². The molecule has 11 heavy (non-hydrogen) atoms. The van der Waals surface area contributed by atoms with Crippen molar-refractivity contribution in [1.29, 1.82) is 0 Å². The second-order valence-electron chi connectivity index (χ2n) is 2.86. The van der Waals surface area contributed by atoms with Gasteiger partial charge in [-0.3, -0.25) is 0 Å². The Balaban J connectivity index is 2.30. The molecule has 1 aliphatic carbocycles. The molecule has 1 aliphatic rings. The fourth-order valence-electron chi connectivity index (χ4n) is 1.36. The molecule has 66 valence electrons. The van der Waals surface area contributed by atoms with E-state index < -0.39 is 5.69 Å². The first-order chi connectivity index (χ1) is 5.08. The Bertz CT molecular complexity index is 162. The second-order valence-corrected chi connectivity index (χ2v) is 7.97. The van der Waals surface area contributed by atoms with Crippen molar-refractivity contribution in [3.8, 4) is 0 Å². The van der Waals surface area contributed by atoms with Crippen molar-refractivity contribution in [3.05, 3.63) is 0 Å². The molecule has 0 aromatic carbocycles. The lowest BCUT2D eigenvalue weighted by atomic mass is 9.98. The molecule has 0 amide bonds. The Morgan fingerprint density at radius 3 is 2.36 bits per heavy atom. The van der Waals surface area contributed by atoms with Crippen LogP contribution < -0.4 is 0 Å². The topological polar surface area (TPSA) is 29.5 Å². The molecule has 1 atom stereocenters. The minimum absolute atomic E-state index is 0.164. The van der Waals surface area contributed by atoms with Gasteiger partial charge in [-0.15, -0.1) is 0 Å². The van der Waals surface area contributed by atoms with Gasteiger partial charge in [-0.1, -0.05) is 31.5 Å². The van der Waals surface area contributed by atoms with E-state index in [0.29, 0.717) is 0 Å². The molecule has 0 aromatic heterocycles. The van der Waals surface area contributed by atoms with Crippen molar-refractivity contribution in [2.75, 3.05) is 0 Å². The lowest BCUT2D eigenvalue weighted by Crippen LogP contribution is -2.13. The van der Waals surface area contributed by atoms with Gasteiger partial charge in [0, 0.05) is 0 Å². The second kappa shape index (κ2) is 4.24. The number of rotatable bonds is 2. The van der Waals surface area contributed by atoms with E-state index in [1.807, 2.05) is 0 Å². The molecule has 0 saturated heterocycles. The highest BCUT2D eigenvalue weighted by Crippen LogP contribution is 2.50. The van der Waals surface area contributed by atoms with Crippen molar-refractivity contribution in [3.63, 3.8) is 0 Å². The third-order valence-corrected chi connectivity index (χ3v) is 2.95. The average Bonchev–Trinajstić information content (AvgIpc) is 1.85. The van der Waals surface area contributed by atoms with Crippen LogP contribution in [0, 0.1) is 0 Å². The molecule has 1 unspecified atom stereocenters. The minimum atomic E-state index is -2.71. The van der Waals surface area contributed by atoms with Crippen LogP contribution in [0.15, 0.2) is 0 Å². The molecule has 2 nitrogen and oxygen atoms in total. The Kier molecular flexibility index (Phi) is 3.86. The summed E-state index contributed by atoms with van der Waals surface area (Å²) in [5.74, 6) is 0. The van der Waals surface area contributed by atoms with Crippen molar-refractivity contribution in [2.24, 2.45) is 0 Å². The summed E-state index contributed by atoms with van der Waals surface area (Å²) in [5, 5.41) is 0. The van der Waals surface area contributed by atoms with Gasteiger partial charge in [0.15, 0.2) is 0 Å². The molecule has 0 aromatic rings. The van der Waals surface area contributed by atoms with Crippen LogP contribution in [0.5, 0.6) is 0 Å². The monoisotopic (exact) mass is 212 g/mol. The fourth-order valence-corrected chi connectivity index (χ4v) is 2.73. The normalized spacial score (nSPS) is 26.4. The predicted octanol–water partition coefficient (Wildman–Crippen LogP) is 2.48. The SMILES string of the molecule is OP(=S)(S)OC1CCCCC1. The zero-order chi connectivity index (χ0) is 8.32. The molecule has 1 rings (SSSR count). The Labute approximate surface area is 77.7 Å². The molecule has 0 aliphatic heterocycles. The van der Waals surface area contributed by atoms with Crippen molar-refractivity contribution in [2.45, 2.75) is 38.2 Å². The molecule has 1 fully saturated rings. The van der Waals surface area contributed by atoms with E-state index in [4.69, 9.17) is 9.42 Å². The molecule has 0 spiro atoms. The standard InChI is InChI=1S/C6H13O2PS2/c7-9(10,11)8-6-4-2-1-3-5-6/h6H,1-5H2,(H2,7,10,11). The predicted molar refractivity (Wildman–Crippen MR) is 53.4 cm³/mol. The van der Waals surface area contributed by atoms with Crippen LogP contribution in [0.2, 0.25) is 0 Å². The Morgan fingerprint density at radius 2 is 1.91 bits per heavy atom. The van der Waals surface area contributed by atoms with Crippen LogP contribution >= 0.6 is 17.9 Å². The summed E-state index contributed by atoms with van der Waals surface area (Å²) in [6, 6.07) is 0. The maximum absolute atomic E-state index is 9.14. The Morgan fingerprint density at radius 1 is 1.36 bits per heavy atom. The summed E-state index contributed by atoms with van der Waals surface area (Å²) < 4.78 is 5.22. The molecule has 0 radical (unpaired) electrons. The Hall–Kier alpha value is 0.920. The summed E-state index contributed by atoms with van der Waals surface area (Å²) in [6.07, 6.45) is 5.87. The highest BCUT2D eigenvalue weighted by atomic mass is 32.9. The van der Waals surface area contributed by atoms with Crippen molar-refractivity contribution in [1.82, 2.24) is 0 Å². The molecule has 1 N–H and O–H groups in total. The number of thiol groups is 1. The summed E-state index contributed by atoms with van der Waals surface area (Å²) in [4.78, 5) is 9.14. The number of hydrogen-bond donors (Lipinski definition) is 2. The van der Waals surface area contributed by atoms with Gasteiger partial charge >= 0.3 is 0 Å². The van der Waals surface area contributed by atoms with E-state index in [9.17, 15) is 0 Å². The van der Waals surface area contributed by atoms with E-state index in [2.05, 4.69) is 24.1 Å². The van der Waals surface area contributed by atoms with Crippen LogP contribution in [-0.4, -0.2) is 11.0 Å². The average molecular weight is 212 g/mol. The molecule has 5 heteroatoms. The summed E-state index contributed by atoms with van der Waals surface area (Å²) in [5.41, 5.74) is -2.71. The lowest BCUT2D eigenvalue weighted by Gasteiger charge is -2.23. The van der Waals surface area contributed by atoms with Crippen LogP contribution in [-0.2, 0) is 16.3 Å². The van der Waals surface area contributed by atoms with Crippen LogP contribution in [0.1, 0.15) is 32.1 Å². The number of hydrogen-bond acceptors (Lipinski definition) is 2. The van der Waals surface area contributed by atoms with E-state index >= 15 is 0 Å².